The van der Waals surface area contributed by atoms with Crippen molar-refractivity contribution in [2.24, 2.45) is 0 Å². The lowest BCUT2D eigenvalue weighted by Crippen LogP contribution is -2.30. The molecular weight excluding hydrogens is 444 g/mol. The second-order valence-electron chi connectivity index (χ2n) is 7.06. The third kappa shape index (κ3) is 6.51. The van der Waals surface area contributed by atoms with Gasteiger partial charge in [0.15, 0.2) is 0 Å². The van der Waals surface area contributed by atoms with Crippen molar-refractivity contribution < 1.29 is 17.9 Å². The van der Waals surface area contributed by atoms with Crippen LogP contribution in [0.1, 0.15) is 15.9 Å². The van der Waals surface area contributed by atoms with Crippen LogP contribution in [0.2, 0.25) is 0 Å². The summed E-state index contributed by atoms with van der Waals surface area (Å²) in [4.78, 5) is 13.3. The second kappa shape index (κ2) is 11.1. The quantitative estimate of drug-likeness (QED) is 0.355. The minimum absolute atomic E-state index is 0.184. The Hall–Kier alpha value is -2.97. The van der Waals surface area contributed by atoms with E-state index in [-0.39, 0.29) is 12.5 Å². The van der Waals surface area contributed by atoms with Crippen molar-refractivity contribution in [3.8, 4) is 5.75 Å². The number of sulfonamides is 1. The third-order valence-corrected chi connectivity index (χ3v) is 6.61. The lowest BCUT2D eigenvalue weighted by Gasteiger charge is -2.24. The van der Waals surface area contributed by atoms with Crippen LogP contribution in [-0.4, -0.2) is 40.0 Å². The fourth-order valence-electron chi connectivity index (χ4n) is 3.10. The monoisotopic (exact) mass is 470 g/mol. The number of rotatable bonds is 10. The number of hydrogen-bond acceptors (Lipinski definition) is 5. The number of amides is 1. The smallest absolute Gasteiger partial charge is 0.251 e. The van der Waals surface area contributed by atoms with Gasteiger partial charge in [-0.15, -0.1) is 11.8 Å². The predicted octanol–water partition coefficient (Wildman–Crippen LogP) is 4.18. The van der Waals surface area contributed by atoms with Crippen molar-refractivity contribution in [3.63, 3.8) is 0 Å². The summed E-state index contributed by atoms with van der Waals surface area (Å²) in [5.41, 5.74) is 1.93. The van der Waals surface area contributed by atoms with Crippen molar-refractivity contribution in [1.82, 2.24) is 5.32 Å². The molecular formula is C24H26N2O4S2. The van der Waals surface area contributed by atoms with E-state index in [1.165, 1.54) is 22.3 Å². The van der Waals surface area contributed by atoms with E-state index in [4.69, 9.17) is 4.74 Å². The van der Waals surface area contributed by atoms with Gasteiger partial charge >= 0.3 is 0 Å². The van der Waals surface area contributed by atoms with E-state index in [1.54, 1.807) is 30.3 Å². The summed E-state index contributed by atoms with van der Waals surface area (Å²) < 4.78 is 31.9. The molecule has 1 amide bonds. The molecule has 0 heterocycles. The highest BCUT2D eigenvalue weighted by molar-refractivity contribution is 7.99. The summed E-state index contributed by atoms with van der Waals surface area (Å²) in [7, 11) is -3.49. The summed E-state index contributed by atoms with van der Waals surface area (Å²) in [5, 5.41) is 2.82. The van der Waals surface area contributed by atoms with Gasteiger partial charge in [0.25, 0.3) is 5.91 Å². The van der Waals surface area contributed by atoms with E-state index in [2.05, 4.69) is 5.32 Å². The second-order valence-corrected chi connectivity index (χ2v) is 9.81. The molecule has 0 aromatic heterocycles. The Morgan fingerprint density at radius 2 is 1.62 bits per heavy atom. The van der Waals surface area contributed by atoms with Gasteiger partial charge in [-0.05, 0) is 48.2 Å². The maximum atomic E-state index is 12.5. The molecule has 0 aliphatic carbocycles. The summed E-state index contributed by atoms with van der Waals surface area (Å²) in [6.45, 7) is 0.929. The number of nitrogens with one attached hydrogen (secondary N) is 1. The first kappa shape index (κ1) is 23.7. The Morgan fingerprint density at radius 1 is 0.969 bits per heavy atom. The van der Waals surface area contributed by atoms with Gasteiger partial charge in [-0.25, -0.2) is 8.42 Å². The van der Waals surface area contributed by atoms with E-state index in [9.17, 15) is 13.2 Å². The number of nitrogens with zero attached hydrogens (tertiary/aromatic N) is 1. The predicted molar refractivity (Wildman–Crippen MR) is 130 cm³/mol. The highest BCUT2D eigenvalue weighted by atomic mass is 32.2. The molecule has 0 aliphatic heterocycles. The molecule has 3 aromatic rings. The Labute approximate surface area is 193 Å². The fraction of sp³-hybridized carbons (Fsp3) is 0.208. The number of anilines is 1. The Balaban J connectivity index is 1.61. The number of carbonyl (C=O) groups excluding carboxylic acids is 1. The summed E-state index contributed by atoms with van der Waals surface area (Å²) in [6.07, 6.45) is 3.11. The molecule has 168 valence electrons. The zero-order valence-corrected chi connectivity index (χ0v) is 19.7. The van der Waals surface area contributed by atoms with Crippen LogP contribution in [0, 0.1) is 0 Å². The van der Waals surface area contributed by atoms with Crippen LogP contribution < -0.4 is 14.4 Å². The van der Waals surface area contributed by atoms with Crippen molar-refractivity contribution in [3.05, 3.63) is 90.0 Å². The maximum Gasteiger partial charge on any atom is 0.251 e. The van der Waals surface area contributed by atoms with Crippen molar-refractivity contribution in [1.29, 1.82) is 0 Å². The van der Waals surface area contributed by atoms with E-state index >= 15 is 0 Å². The molecule has 3 aromatic carbocycles. The Kier molecular flexibility index (Phi) is 8.19. The molecule has 1 N–H and O–H groups in total. The van der Waals surface area contributed by atoms with Gasteiger partial charge in [0, 0.05) is 10.5 Å². The maximum absolute atomic E-state index is 12.5. The summed E-state index contributed by atoms with van der Waals surface area (Å²) >= 11 is 1.50. The van der Waals surface area contributed by atoms with E-state index < -0.39 is 10.0 Å². The molecule has 32 heavy (non-hydrogen) atoms. The molecule has 8 heteroatoms. The number of carbonyl (C=O) groups is 1. The summed E-state index contributed by atoms with van der Waals surface area (Å²) in [6, 6.07) is 23.7. The molecule has 0 bridgehead atoms. The largest absolute Gasteiger partial charge is 0.492 e. The van der Waals surface area contributed by atoms with E-state index in [1.807, 2.05) is 54.8 Å². The van der Waals surface area contributed by atoms with E-state index in [0.29, 0.717) is 24.4 Å². The molecule has 0 fully saturated rings. The first-order valence-electron chi connectivity index (χ1n) is 10.0. The van der Waals surface area contributed by atoms with Crippen LogP contribution in [0.4, 0.5) is 5.69 Å². The zero-order valence-electron chi connectivity index (χ0n) is 18.0. The number of ether oxygens (including phenoxy) is 1. The third-order valence-electron chi connectivity index (χ3n) is 4.70. The zero-order chi connectivity index (χ0) is 23.0. The average Bonchev–Trinajstić information content (AvgIpc) is 2.80. The highest BCUT2D eigenvalue weighted by Gasteiger charge is 2.20. The lowest BCUT2D eigenvalue weighted by molar-refractivity contribution is 0.0947. The van der Waals surface area contributed by atoms with Crippen molar-refractivity contribution >= 4 is 33.4 Å². The lowest BCUT2D eigenvalue weighted by atomic mass is 10.1. The molecule has 0 radical (unpaired) electrons. The van der Waals surface area contributed by atoms with Gasteiger partial charge in [0.05, 0.1) is 25.0 Å². The molecule has 0 spiro atoms. The molecule has 0 unspecified atom stereocenters. The normalized spacial score (nSPS) is 11.1. The number of thioether (sulfide) groups is 1. The van der Waals surface area contributed by atoms with Gasteiger partial charge in [-0.2, -0.15) is 0 Å². The standard InChI is InChI=1S/C24H26N2O4S2/c1-31-23-11-7-6-10-22(23)26(32(2,28)29)18-19-12-14-20(15-13-19)24(27)25-16-17-30-21-8-4-3-5-9-21/h3-15H,16-18H2,1-2H3,(H,25,27). The van der Waals surface area contributed by atoms with Crippen molar-refractivity contribution in [2.75, 3.05) is 30.0 Å². The fourth-order valence-corrected chi connectivity index (χ4v) is 4.66. The minimum Gasteiger partial charge on any atom is -0.492 e. The summed E-state index contributed by atoms with van der Waals surface area (Å²) in [5.74, 6) is 0.547. The van der Waals surface area contributed by atoms with Crippen LogP contribution in [0.25, 0.3) is 0 Å². The highest BCUT2D eigenvalue weighted by Crippen LogP contribution is 2.31. The number of benzene rings is 3. The molecule has 3 rings (SSSR count). The van der Waals surface area contributed by atoms with Gasteiger partial charge in [0.1, 0.15) is 12.4 Å². The molecule has 0 aliphatic rings. The molecule has 0 atom stereocenters. The van der Waals surface area contributed by atoms with Crippen LogP contribution >= 0.6 is 11.8 Å². The SMILES string of the molecule is CSc1ccccc1N(Cc1ccc(C(=O)NCCOc2ccccc2)cc1)S(C)(=O)=O. The first-order valence-corrected chi connectivity index (χ1v) is 13.1. The Bertz CT molecular complexity index is 1130. The van der Waals surface area contributed by atoms with Crippen LogP contribution in [0.15, 0.2) is 83.8 Å². The van der Waals surface area contributed by atoms with Gasteiger partial charge in [-0.3, -0.25) is 9.10 Å². The molecule has 6 nitrogen and oxygen atoms in total. The van der Waals surface area contributed by atoms with Gasteiger partial charge < -0.3 is 10.1 Å². The van der Waals surface area contributed by atoms with Crippen molar-refractivity contribution in [2.45, 2.75) is 11.4 Å². The first-order chi connectivity index (χ1) is 15.4. The average molecular weight is 471 g/mol. The van der Waals surface area contributed by atoms with Crippen LogP contribution in [0.5, 0.6) is 5.75 Å². The van der Waals surface area contributed by atoms with E-state index in [0.717, 1.165) is 16.2 Å². The van der Waals surface area contributed by atoms with Gasteiger partial charge in [0.2, 0.25) is 10.0 Å². The number of hydrogen-bond donors (Lipinski definition) is 1. The van der Waals surface area contributed by atoms with Crippen LogP contribution in [0.3, 0.4) is 0 Å². The number of para-hydroxylation sites is 2. The molecule has 0 saturated carbocycles. The van der Waals surface area contributed by atoms with Crippen LogP contribution in [-0.2, 0) is 16.6 Å². The van der Waals surface area contributed by atoms with Gasteiger partial charge in [-0.1, -0.05) is 42.5 Å². The topological polar surface area (TPSA) is 75.7 Å². The molecule has 0 saturated heterocycles. The Morgan fingerprint density at radius 3 is 2.28 bits per heavy atom. The minimum atomic E-state index is -3.49.